The van der Waals surface area contributed by atoms with Gasteiger partial charge in [-0.1, -0.05) is 55.8 Å². The lowest BCUT2D eigenvalue weighted by molar-refractivity contribution is -0.139. The molecule has 0 spiro atoms. The summed E-state index contributed by atoms with van der Waals surface area (Å²) in [7, 11) is 0. The molecule has 2 aliphatic rings. The fraction of sp³-hybridized carbons (Fsp3) is 0.360. The van der Waals surface area contributed by atoms with Gasteiger partial charge in [-0.25, -0.2) is 4.79 Å². The molecule has 1 atom stereocenters. The number of hydrogen-bond donors (Lipinski definition) is 1. The van der Waals surface area contributed by atoms with Crippen molar-refractivity contribution in [3.8, 4) is 0 Å². The van der Waals surface area contributed by atoms with Crippen molar-refractivity contribution in [2.75, 3.05) is 6.61 Å². The molecule has 1 unspecified atom stereocenters. The minimum atomic E-state index is -0.390. The molecule has 1 heterocycles. The Hall–Kier alpha value is -2.88. The standard InChI is InChI=1S/C25H27NO3/c1-3-4-15-29-25(28)22-16(2)26-20-13-8-14-21(27)24(20)23(22)19-12-7-10-17-9-5-6-11-18(17)19/h5-7,9-12,23,26H,3-4,8,13-15H2,1-2H3. The van der Waals surface area contributed by atoms with Crippen LogP contribution in [0.3, 0.4) is 0 Å². The van der Waals surface area contributed by atoms with Crippen LogP contribution in [-0.2, 0) is 14.3 Å². The van der Waals surface area contributed by atoms with Crippen LogP contribution in [0.2, 0.25) is 0 Å². The molecule has 0 fully saturated rings. The quantitative estimate of drug-likeness (QED) is 0.567. The number of carbonyl (C=O) groups excluding carboxylic acids is 2. The molecular formula is C25H27NO3. The molecule has 0 amide bonds. The Morgan fingerprint density at radius 1 is 1.14 bits per heavy atom. The van der Waals surface area contributed by atoms with E-state index in [9.17, 15) is 9.59 Å². The molecule has 0 radical (unpaired) electrons. The third-order valence-electron chi connectivity index (χ3n) is 5.86. The van der Waals surface area contributed by atoms with E-state index in [1.54, 1.807) is 0 Å². The van der Waals surface area contributed by atoms with Crippen LogP contribution in [0.4, 0.5) is 0 Å². The largest absolute Gasteiger partial charge is 0.462 e. The van der Waals surface area contributed by atoms with Crippen molar-refractivity contribution in [3.05, 3.63) is 70.6 Å². The number of Topliss-reactive ketones (excluding diaryl/α,β-unsaturated/α-hetero) is 1. The minimum Gasteiger partial charge on any atom is -0.462 e. The Kier molecular flexibility index (Phi) is 5.52. The molecule has 0 aromatic heterocycles. The van der Waals surface area contributed by atoms with E-state index in [1.165, 1.54) is 0 Å². The summed E-state index contributed by atoms with van der Waals surface area (Å²) in [5, 5.41) is 5.53. The highest BCUT2D eigenvalue weighted by Gasteiger charge is 2.39. The molecule has 0 bridgehead atoms. The lowest BCUT2D eigenvalue weighted by atomic mass is 9.74. The Labute approximate surface area is 171 Å². The molecule has 4 heteroatoms. The van der Waals surface area contributed by atoms with Gasteiger partial charge in [0.25, 0.3) is 0 Å². The maximum atomic E-state index is 13.1. The summed E-state index contributed by atoms with van der Waals surface area (Å²) in [6.07, 6.45) is 3.99. The van der Waals surface area contributed by atoms with E-state index in [-0.39, 0.29) is 17.7 Å². The molecule has 1 aliphatic carbocycles. The first-order valence-corrected chi connectivity index (χ1v) is 10.5. The molecule has 4 rings (SSSR count). The molecule has 1 N–H and O–H groups in total. The SMILES string of the molecule is CCCCOC(=O)C1=C(C)NC2=C(C(=O)CCC2)C1c1cccc2ccccc12. The van der Waals surface area contributed by atoms with Gasteiger partial charge in [-0.3, -0.25) is 4.79 Å². The molecule has 2 aromatic carbocycles. The molecular weight excluding hydrogens is 362 g/mol. The van der Waals surface area contributed by atoms with Gasteiger partial charge < -0.3 is 10.1 Å². The van der Waals surface area contributed by atoms with Crippen molar-refractivity contribution in [1.29, 1.82) is 0 Å². The first-order valence-electron chi connectivity index (χ1n) is 10.5. The van der Waals surface area contributed by atoms with Crippen LogP contribution in [-0.4, -0.2) is 18.4 Å². The maximum Gasteiger partial charge on any atom is 0.336 e. The van der Waals surface area contributed by atoms with Crippen LogP contribution in [0.5, 0.6) is 0 Å². The highest BCUT2D eigenvalue weighted by Crippen LogP contribution is 2.44. The van der Waals surface area contributed by atoms with Gasteiger partial charge in [0.2, 0.25) is 0 Å². The zero-order valence-corrected chi connectivity index (χ0v) is 17.1. The fourth-order valence-electron chi connectivity index (χ4n) is 4.45. The van der Waals surface area contributed by atoms with Gasteiger partial charge in [0.05, 0.1) is 12.2 Å². The van der Waals surface area contributed by atoms with Crippen LogP contribution in [0.15, 0.2) is 65.0 Å². The highest BCUT2D eigenvalue weighted by molar-refractivity contribution is 6.05. The van der Waals surface area contributed by atoms with Gasteiger partial charge in [-0.05, 0) is 42.5 Å². The van der Waals surface area contributed by atoms with Crippen molar-refractivity contribution in [3.63, 3.8) is 0 Å². The van der Waals surface area contributed by atoms with E-state index in [1.807, 2.05) is 31.2 Å². The van der Waals surface area contributed by atoms with Crippen molar-refractivity contribution < 1.29 is 14.3 Å². The lowest BCUT2D eigenvalue weighted by Gasteiger charge is -2.34. The van der Waals surface area contributed by atoms with Gasteiger partial charge in [0.15, 0.2) is 5.78 Å². The number of esters is 1. The summed E-state index contributed by atoms with van der Waals surface area (Å²) in [6, 6.07) is 14.2. The summed E-state index contributed by atoms with van der Waals surface area (Å²) in [5.41, 5.74) is 4.04. The van der Waals surface area contributed by atoms with Gasteiger partial charge in [-0.2, -0.15) is 0 Å². The summed E-state index contributed by atoms with van der Waals surface area (Å²) >= 11 is 0. The number of fused-ring (bicyclic) bond motifs is 1. The van der Waals surface area contributed by atoms with Crippen molar-refractivity contribution in [2.45, 2.75) is 51.9 Å². The summed E-state index contributed by atoms with van der Waals surface area (Å²) in [6.45, 7) is 4.38. The number of carbonyl (C=O) groups is 2. The molecule has 2 aromatic rings. The monoisotopic (exact) mass is 389 g/mol. The average Bonchev–Trinajstić information content (AvgIpc) is 2.72. The molecule has 0 saturated heterocycles. The Morgan fingerprint density at radius 3 is 2.76 bits per heavy atom. The Bertz CT molecular complexity index is 1030. The predicted molar refractivity (Wildman–Crippen MR) is 114 cm³/mol. The van der Waals surface area contributed by atoms with E-state index in [0.717, 1.165) is 59.0 Å². The molecule has 1 aliphatic heterocycles. The van der Waals surface area contributed by atoms with Crippen molar-refractivity contribution in [1.82, 2.24) is 5.32 Å². The molecule has 150 valence electrons. The number of ketones is 1. The first kappa shape index (κ1) is 19.4. The Balaban J connectivity index is 1.88. The highest BCUT2D eigenvalue weighted by atomic mass is 16.5. The number of rotatable bonds is 5. The number of dihydropyridines is 1. The number of allylic oxidation sites excluding steroid dienone is 3. The van der Waals surface area contributed by atoms with Gasteiger partial charge in [0, 0.05) is 29.3 Å². The third-order valence-corrected chi connectivity index (χ3v) is 5.86. The number of benzene rings is 2. The van der Waals surface area contributed by atoms with Crippen molar-refractivity contribution >= 4 is 22.5 Å². The van der Waals surface area contributed by atoms with Crippen LogP contribution in [0.25, 0.3) is 10.8 Å². The lowest BCUT2D eigenvalue weighted by Crippen LogP contribution is -2.34. The summed E-state index contributed by atoms with van der Waals surface area (Å²) in [4.78, 5) is 26.1. The number of unbranched alkanes of at least 4 members (excludes halogenated alkanes) is 1. The molecule has 0 saturated carbocycles. The van der Waals surface area contributed by atoms with Gasteiger partial charge >= 0.3 is 5.97 Å². The second-order valence-corrected chi connectivity index (χ2v) is 7.82. The summed E-state index contributed by atoms with van der Waals surface area (Å²) < 4.78 is 5.60. The van der Waals surface area contributed by atoms with Crippen LogP contribution in [0.1, 0.15) is 57.4 Å². The zero-order valence-electron chi connectivity index (χ0n) is 17.1. The third kappa shape index (κ3) is 3.59. The van der Waals surface area contributed by atoms with Crippen LogP contribution >= 0.6 is 0 Å². The Morgan fingerprint density at radius 2 is 1.93 bits per heavy atom. The van der Waals surface area contributed by atoms with E-state index < -0.39 is 0 Å². The van der Waals surface area contributed by atoms with Gasteiger partial charge in [-0.15, -0.1) is 0 Å². The second-order valence-electron chi connectivity index (χ2n) is 7.82. The normalized spacial score (nSPS) is 19.2. The van der Waals surface area contributed by atoms with E-state index in [4.69, 9.17) is 4.74 Å². The number of ether oxygens (including phenoxy) is 1. The zero-order chi connectivity index (χ0) is 20.4. The van der Waals surface area contributed by atoms with Crippen LogP contribution < -0.4 is 5.32 Å². The topological polar surface area (TPSA) is 55.4 Å². The summed E-state index contributed by atoms with van der Waals surface area (Å²) in [5.74, 6) is -0.589. The number of hydrogen-bond acceptors (Lipinski definition) is 4. The van der Waals surface area contributed by atoms with E-state index in [2.05, 4.69) is 30.4 Å². The molecule has 29 heavy (non-hydrogen) atoms. The van der Waals surface area contributed by atoms with Crippen LogP contribution in [0, 0.1) is 0 Å². The second kappa shape index (κ2) is 8.24. The smallest absolute Gasteiger partial charge is 0.336 e. The average molecular weight is 389 g/mol. The molecule has 4 nitrogen and oxygen atoms in total. The predicted octanol–water partition coefficient (Wildman–Crippen LogP) is 5.15. The first-order chi connectivity index (χ1) is 14.1. The minimum absolute atomic E-state index is 0.128. The maximum absolute atomic E-state index is 13.1. The fourth-order valence-corrected chi connectivity index (χ4v) is 4.45. The van der Waals surface area contributed by atoms with E-state index in [0.29, 0.717) is 18.6 Å². The van der Waals surface area contributed by atoms with Crippen molar-refractivity contribution in [2.24, 2.45) is 0 Å². The van der Waals surface area contributed by atoms with E-state index >= 15 is 0 Å². The van der Waals surface area contributed by atoms with Gasteiger partial charge in [0.1, 0.15) is 0 Å². The number of nitrogens with one attached hydrogen (secondary N) is 1.